The van der Waals surface area contributed by atoms with Crippen molar-refractivity contribution in [1.29, 1.82) is 0 Å². The Balaban J connectivity index is 1.65. The normalized spacial score (nSPS) is 14.1. The summed E-state index contributed by atoms with van der Waals surface area (Å²) in [6.45, 7) is 3.26. The second-order valence-electron chi connectivity index (χ2n) is 7.04. The average molecular weight is 403 g/mol. The van der Waals surface area contributed by atoms with Gasteiger partial charge in [-0.1, -0.05) is 43.3 Å². The van der Waals surface area contributed by atoms with Gasteiger partial charge >= 0.3 is 10.3 Å². The molecule has 6 nitrogen and oxygen atoms in total. The minimum atomic E-state index is -3.89. The number of carbonyl (C=O) groups is 1. The van der Waals surface area contributed by atoms with E-state index in [2.05, 4.69) is 5.32 Å². The molecule has 28 heavy (non-hydrogen) atoms. The number of hydrogen-bond donors (Lipinski definition) is 1. The first-order valence-corrected chi connectivity index (χ1v) is 11.0. The van der Waals surface area contributed by atoms with E-state index in [1.165, 1.54) is 10.4 Å². The van der Waals surface area contributed by atoms with Gasteiger partial charge in [0, 0.05) is 25.2 Å². The number of amides is 1. The van der Waals surface area contributed by atoms with Crippen molar-refractivity contribution in [3.05, 3.63) is 65.7 Å². The van der Waals surface area contributed by atoms with Gasteiger partial charge in [0.15, 0.2) is 0 Å². The molecule has 1 aliphatic carbocycles. The van der Waals surface area contributed by atoms with E-state index in [1.54, 1.807) is 18.2 Å². The number of hydrogen-bond acceptors (Lipinski definition) is 4. The fourth-order valence-electron chi connectivity index (χ4n) is 2.88. The summed E-state index contributed by atoms with van der Waals surface area (Å²) in [5, 5.41) is 2.83. The molecule has 1 fully saturated rings. The molecule has 7 heteroatoms. The highest BCUT2D eigenvalue weighted by Gasteiger charge is 2.31. The van der Waals surface area contributed by atoms with Crippen LogP contribution >= 0.6 is 0 Å². The van der Waals surface area contributed by atoms with Gasteiger partial charge in [0.25, 0.3) is 5.91 Å². The van der Waals surface area contributed by atoms with E-state index in [0.29, 0.717) is 31.1 Å². The first-order chi connectivity index (χ1) is 13.5. The summed E-state index contributed by atoms with van der Waals surface area (Å²) in [5.41, 5.74) is 1.34. The molecule has 0 atom stereocenters. The highest BCUT2D eigenvalue weighted by Crippen LogP contribution is 2.31. The van der Waals surface area contributed by atoms with Crippen LogP contribution in [-0.4, -0.2) is 31.7 Å². The van der Waals surface area contributed by atoms with E-state index in [4.69, 9.17) is 4.18 Å². The summed E-state index contributed by atoms with van der Waals surface area (Å²) in [6.07, 6.45) is 2.84. The van der Waals surface area contributed by atoms with Crippen LogP contribution in [-0.2, 0) is 16.8 Å². The molecule has 1 N–H and O–H groups in total. The van der Waals surface area contributed by atoms with Crippen molar-refractivity contribution < 1.29 is 17.4 Å². The molecular formula is C21H26N2O4S. The van der Waals surface area contributed by atoms with Crippen molar-refractivity contribution in [2.24, 2.45) is 5.92 Å². The molecule has 1 amide bonds. The molecule has 0 heterocycles. The molecule has 2 aromatic carbocycles. The minimum Gasteiger partial charge on any atom is -0.371 e. The van der Waals surface area contributed by atoms with Crippen LogP contribution in [0.25, 0.3) is 0 Å². The number of carbonyl (C=O) groups excluding carboxylic acids is 1. The van der Waals surface area contributed by atoms with Crippen LogP contribution in [0.4, 0.5) is 0 Å². The smallest absolute Gasteiger partial charge is 0.371 e. The zero-order valence-electron chi connectivity index (χ0n) is 16.0. The molecule has 0 unspecified atom stereocenters. The molecule has 0 aromatic heterocycles. The van der Waals surface area contributed by atoms with Gasteiger partial charge in [0.1, 0.15) is 5.75 Å². The maximum absolute atomic E-state index is 12.6. The van der Waals surface area contributed by atoms with Crippen LogP contribution in [0.3, 0.4) is 0 Å². The summed E-state index contributed by atoms with van der Waals surface area (Å²) >= 11 is 0. The lowest BCUT2D eigenvalue weighted by Gasteiger charge is -2.21. The van der Waals surface area contributed by atoms with E-state index in [-0.39, 0.29) is 11.7 Å². The second kappa shape index (κ2) is 9.21. The van der Waals surface area contributed by atoms with Crippen molar-refractivity contribution in [3.8, 4) is 5.75 Å². The monoisotopic (exact) mass is 402 g/mol. The van der Waals surface area contributed by atoms with Crippen molar-refractivity contribution in [1.82, 2.24) is 9.62 Å². The van der Waals surface area contributed by atoms with Crippen LogP contribution in [0, 0.1) is 5.92 Å². The third-order valence-corrected chi connectivity index (χ3v) is 5.91. The third kappa shape index (κ3) is 5.81. The standard InChI is InChI=1S/C21H26N2O4S/c1-2-13-23(16-18-11-12-18)28(25,26)27-20-10-6-9-19(14-20)21(24)22-15-17-7-4-3-5-8-17/h3-10,14,18H,2,11-13,15-16H2,1H3,(H,22,24). The van der Waals surface area contributed by atoms with Crippen molar-refractivity contribution >= 4 is 16.2 Å². The van der Waals surface area contributed by atoms with Crippen molar-refractivity contribution in [3.63, 3.8) is 0 Å². The molecule has 1 saturated carbocycles. The van der Waals surface area contributed by atoms with Gasteiger partial charge in [-0.2, -0.15) is 12.7 Å². The molecule has 2 aromatic rings. The predicted octanol–water partition coefficient (Wildman–Crippen LogP) is 3.36. The van der Waals surface area contributed by atoms with E-state index in [0.717, 1.165) is 24.8 Å². The molecule has 0 aliphatic heterocycles. The summed E-state index contributed by atoms with van der Waals surface area (Å²) in [4.78, 5) is 12.4. The first-order valence-electron chi connectivity index (χ1n) is 9.59. The Labute approximate surface area is 166 Å². The highest BCUT2D eigenvalue weighted by molar-refractivity contribution is 7.84. The van der Waals surface area contributed by atoms with Crippen LogP contribution in [0.5, 0.6) is 5.75 Å². The maximum Gasteiger partial charge on any atom is 0.385 e. The Morgan fingerprint density at radius 1 is 1.14 bits per heavy atom. The van der Waals surface area contributed by atoms with Crippen LogP contribution in [0.1, 0.15) is 42.1 Å². The van der Waals surface area contributed by atoms with Crippen molar-refractivity contribution in [2.45, 2.75) is 32.7 Å². The second-order valence-corrected chi connectivity index (χ2v) is 8.58. The fraction of sp³-hybridized carbons (Fsp3) is 0.381. The number of rotatable bonds is 10. The lowest BCUT2D eigenvalue weighted by atomic mass is 10.2. The minimum absolute atomic E-state index is 0.143. The van der Waals surface area contributed by atoms with E-state index in [9.17, 15) is 13.2 Å². The van der Waals surface area contributed by atoms with Crippen LogP contribution in [0.15, 0.2) is 54.6 Å². The molecule has 150 valence electrons. The summed E-state index contributed by atoms with van der Waals surface area (Å²) in [7, 11) is -3.89. The maximum atomic E-state index is 12.6. The number of nitrogens with zero attached hydrogens (tertiary/aromatic N) is 1. The molecule has 0 spiro atoms. The molecule has 1 aliphatic rings. The highest BCUT2D eigenvalue weighted by atomic mass is 32.2. The Hall–Kier alpha value is -2.38. The Kier molecular flexibility index (Phi) is 6.70. The van der Waals surface area contributed by atoms with Crippen LogP contribution in [0.2, 0.25) is 0 Å². The third-order valence-electron chi connectivity index (χ3n) is 4.54. The SMILES string of the molecule is CCCN(CC1CC1)S(=O)(=O)Oc1cccc(C(=O)NCc2ccccc2)c1. The van der Waals surface area contributed by atoms with Gasteiger partial charge in [-0.05, 0) is 48.9 Å². The molecule has 0 saturated heterocycles. The molecule has 0 bridgehead atoms. The van der Waals surface area contributed by atoms with E-state index < -0.39 is 10.3 Å². The van der Waals surface area contributed by atoms with Crippen LogP contribution < -0.4 is 9.50 Å². The number of benzene rings is 2. The van der Waals surface area contributed by atoms with Gasteiger partial charge in [0.05, 0.1) is 0 Å². The zero-order chi connectivity index (χ0) is 20.0. The lowest BCUT2D eigenvalue weighted by molar-refractivity contribution is 0.0950. The molecular weight excluding hydrogens is 376 g/mol. The fourth-order valence-corrected chi connectivity index (χ4v) is 4.13. The van der Waals surface area contributed by atoms with Gasteiger partial charge in [0.2, 0.25) is 0 Å². The molecule has 3 rings (SSSR count). The van der Waals surface area contributed by atoms with Gasteiger partial charge in [-0.15, -0.1) is 0 Å². The van der Waals surface area contributed by atoms with Crippen molar-refractivity contribution in [2.75, 3.05) is 13.1 Å². The Morgan fingerprint density at radius 2 is 1.89 bits per heavy atom. The van der Waals surface area contributed by atoms with Gasteiger partial charge in [-0.3, -0.25) is 4.79 Å². The Bertz CT molecular complexity index is 896. The van der Waals surface area contributed by atoms with Gasteiger partial charge < -0.3 is 9.50 Å². The summed E-state index contributed by atoms with van der Waals surface area (Å²) < 4.78 is 32.0. The molecule has 0 radical (unpaired) electrons. The number of nitrogens with one attached hydrogen (secondary N) is 1. The van der Waals surface area contributed by atoms with E-state index in [1.807, 2.05) is 37.3 Å². The average Bonchev–Trinajstić information content (AvgIpc) is 3.50. The van der Waals surface area contributed by atoms with E-state index >= 15 is 0 Å². The van der Waals surface area contributed by atoms with Gasteiger partial charge in [-0.25, -0.2) is 0 Å². The quantitative estimate of drug-likeness (QED) is 0.661. The lowest BCUT2D eigenvalue weighted by Crippen LogP contribution is -2.36. The predicted molar refractivity (Wildman–Crippen MR) is 108 cm³/mol. The Morgan fingerprint density at radius 3 is 2.57 bits per heavy atom. The summed E-state index contributed by atoms with van der Waals surface area (Å²) in [6, 6.07) is 15.8. The largest absolute Gasteiger partial charge is 0.385 e. The topological polar surface area (TPSA) is 75.7 Å². The first kappa shape index (κ1) is 20.4. The zero-order valence-corrected chi connectivity index (χ0v) is 16.8. The summed E-state index contributed by atoms with van der Waals surface area (Å²) in [5.74, 6) is 0.291.